The summed E-state index contributed by atoms with van der Waals surface area (Å²) in [6, 6.07) is 19.6. The van der Waals surface area contributed by atoms with Crippen molar-refractivity contribution in [3.8, 4) is 5.75 Å². The smallest absolute Gasteiger partial charge is 0.297 e. The maximum atomic E-state index is 13.4. The Morgan fingerprint density at radius 2 is 1.30 bits per heavy atom. The quantitative estimate of drug-likeness (QED) is 0.327. The van der Waals surface area contributed by atoms with Gasteiger partial charge in [-0.1, -0.05) is 47.5 Å². The standard InChI is InChI=1S/C29H33NO8S2/c1-20-4-12-24(13-5-20)39(31,32)37-27-18-30-17-16-26(36-19-22-8-10-23(35-3)11-9-22)28(30)29(27)38-40(33,34)25-14-6-21(2)7-15-25/h4-15,26-29H,16-19H2,1-3H3/t26-,27-,28+,29-/m0/s1. The molecule has 2 fully saturated rings. The van der Waals surface area contributed by atoms with Crippen LogP contribution in [0.1, 0.15) is 23.1 Å². The van der Waals surface area contributed by atoms with Crippen LogP contribution in [0.15, 0.2) is 82.6 Å². The van der Waals surface area contributed by atoms with Crippen LogP contribution in [0.4, 0.5) is 0 Å². The summed E-state index contributed by atoms with van der Waals surface area (Å²) < 4.78 is 76.1. The number of ether oxygens (including phenoxy) is 2. The fourth-order valence-electron chi connectivity index (χ4n) is 5.18. The molecule has 3 aromatic carbocycles. The lowest BCUT2D eigenvalue weighted by molar-refractivity contribution is -0.0142. The summed E-state index contributed by atoms with van der Waals surface area (Å²) in [5.41, 5.74) is 2.73. The van der Waals surface area contributed by atoms with E-state index in [1.165, 1.54) is 24.3 Å². The van der Waals surface area contributed by atoms with E-state index in [0.29, 0.717) is 19.6 Å². The molecule has 0 spiro atoms. The predicted octanol–water partition coefficient (Wildman–Crippen LogP) is 3.83. The summed E-state index contributed by atoms with van der Waals surface area (Å²) in [7, 11) is -6.81. The Morgan fingerprint density at radius 1 is 0.750 bits per heavy atom. The summed E-state index contributed by atoms with van der Waals surface area (Å²) in [5.74, 6) is 0.733. The van der Waals surface area contributed by atoms with Gasteiger partial charge in [0.2, 0.25) is 0 Å². The minimum Gasteiger partial charge on any atom is -0.497 e. The Labute approximate surface area is 235 Å². The van der Waals surface area contributed by atoms with Gasteiger partial charge in [-0.15, -0.1) is 0 Å². The summed E-state index contributed by atoms with van der Waals surface area (Å²) in [4.78, 5) is 1.98. The third-order valence-electron chi connectivity index (χ3n) is 7.35. The zero-order chi connectivity index (χ0) is 28.5. The van der Waals surface area contributed by atoms with Gasteiger partial charge < -0.3 is 9.47 Å². The van der Waals surface area contributed by atoms with E-state index >= 15 is 0 Å². The first-order valence-corrected chi connectivity index (χ1v) is 15.9. The van der Waals surface area contributed by atoms with Crippen LogP contribution in [0, 0.1) is 13.8 Å². The lowest BCUT2D eigenvalue weighted by Crippen LogP contribution is -2.44. The second kappa shape index (κ2) is 11.6. The van der Waals surface area contributed by atoms with Gasteiger partial charge in [-0.05, 0) is 62.2 Å². The van der Waals surface area contributed by atoms with Gasteiger partial charge in [-0.25, -0.2) is 0 Å². The summed E-state index contributed by atoms with van der Waals surface area (Å²) in [6.07, 6.45) is -1.90. The monoisotopic (exact) mass is 587 g/mol. The number of nitrogens with zero attached hydrogens (tertiary/aromatic N) is 1. The van der Waals surface area contributed by atoms with Crippen LogP contribution in [0.5, 0.6) is 5.75 Å². The summed E-state index contributed by atoms with van der Waals surface area (Å²) >= 11 is 0. The molecule has 11 heteroatoms. The number of rotatable bonds is 10. The number of benzene rings is 3. The molecule has 0 unspecified atom stereocenters. The van der Waals surface area contributed by atoms with Crippen molar-refractivity contribution in [1.82, 2.24) is 4.90 Å². The third kappa shape index (κ3) is 6.24. The highest BCUT2D eigenvalue weighted by atomic mass is 32.2. The molecule has 40 heavy (non-hydrogen) atoms. The van der Waals surface area contributed by atoms with E-state index in [4.69, 9.17) is 17.8 Å². The van der Waals surface area contributed by atoms with Crippen LogP contribution in [-0.2, 0) is 39.9 Å². The van der Waals surface area contributed by atoms with Gasteiger partial charge >= 0.3 is 0 Å². The molecule has 4 atom stereocenters. The van der Waals surface area contributed by atoms with Crippen LogP contribution < -0.4 is 4.74 Å². The molecule has 3 aromatic rings. The number of aryl methyl sites for hydroxylation is 2. The second-order valence-electron chi connectivity index (χ2n) is 10.2. The van der Waals surface area contributed by atoms with Gasteiger partial charge in [0.25, 0.3) is 20.2 Å². The number of methoxy groups -OCH3 is 1. The number of hydrogen-bond donors (Lipinski definition) is 0. The predicted molar refractivity (Wildman–Crippen MR) is 148 cm³/mol. The van der Waals surface area contributed by atoms with E-state index in [2.05, 4.69) is 0 Å². The molecule has 0 radical (unpaired) electrons. The van der Waals surface area contributed by atoms with E-state index in [0.717, 1.165) is 22.4 Å². The third-order valence-corrected chi connectivity index (χ3v) is 10.0. The molecule has 9 nitrogen and oxygen atoms in total. The van der Waals surface area contributed by atoms with Gasteiger partial charge in [-0.2, -0.15) is 16.8 Å². The fourth-order valence-corrected chi connectivity index (χ4v) is 7.36. The van der Waals surface area contributed by atoms with Gasteiger partial charge in [0.1, 0.15) is 18.0 Å². The Balaban J connectivity index is 1.40. The first kappa shape index (κ1) is 28.7. The molecule has 2 aliphatic heterocycles. The maximum Gasteiger partial charge on any atom is 0.297 e. The highest BCUT2D eigenvalue weighted by Crippen LogP contribution is 2.37. The molecule has 0 saturated carbocycles. The van der Waals surface area contributed by atoms with Gasteiger partial charge in [0.15, 0.2) is 0 Å². The van der Waals surface area contributed by atoms with Gasteiger partial charge in [0, 0.05) is 13.1 Å². The molecule has 2 heterocycles. The normalized spacial score (nSPS) is 23.3. The van der Waals surface area contributed by atoms with Crippen molar-refractivity contribution in [1.29, 1.82) is 0 Å². The largest absolute Gasteiger partial charge is 0.497 e. The van der Waals surface area contributed by atoms with Crippen LogP contribution >= 0.6 is 0 Å². The molecule has 0 bridgehead atoms. The van der Waals surface area contributed by atoms with E-state index in [9.17, 15) is 16.8 Å². The van der Waals surface area contributed by atoms with Crippen LogP contribution in [0.2, 0.25) is 0 Å². The van der Waals surface area contributed by atoms with Crippen LogP contribution in [0.3, 0.4) is 0 Å². The van der Waals surface area contributed by atoms with Crippen molar-refractivity contribution in [2.45, 2.75) is 61.0 Å². The van der Waals surface area contributed by atoms with E-state index in [-0.39, 0.29) is 16.3 Å². The zero-order valence-electron chi connectivity index (χ0n) is 22.6. The Morgan fingerprint density at radius 3 is 1.85 bits per heavy atom. The first-order valence-electron chi connectivity index (χ1n) is 13.0. The first-order chi connectivity index (χ1) is 19.1. The molecule has 5 rings (SSSR count). The average Bonchev–Trinajstić information content (AvgIpc) is 3.47. The maximum absolute atomic E-state index is 13.4. The fraction of sp³-hybridized carbons (Fsp3) is 0.379. The molecule has 214 valence electrons. The van der Waals surface area contributed by atoms with Gasteiger partial charge in [-0.3, -0.25) is 13.3 Å². The highest BCUT2D eigenvalue weighted by molar-refractivity contribution is 7.87. The van der Waals surface area contributed by atoms with E-state index in [1.54, 1.807) is 31.4 Å². The molecule has 2 saturated heterocycles. The molecular weight excluding hydrogens is 554 g/mol. The summed E-state index contributed by atoms with van der Waals surface area (Å²) in [6.45, 7) is 4.78. The molecule has 0 aliphatic carbocycles. The summed E-state index contributed by atoms with van der Waals surface area (Å²) in [5, 5.41) is 0. The van der Waals surface area contributed by atoms with Crippen molar-refractivity contribution in [2.75, 3.05) is 20.2 Å². The van der Waals surface area contributed by atoms with Crippen LogP contribution in [0.25, 0.3) is 0 Å². The second-order valence-corrected chi connectivity index (χ2v) is 13.3. The van der Waals surface area contributed by atoms with Crippen molar-refractivity contribution in [3.63, 3.8) is 0 Å². The van der Waals surface area contributed by atoms with Gasteiger partial charge in [0.05, 0.1) is 35.7 Å². The minimum atomic E-state index is -4.23. The molecule has 0 aromatic heterocycles. The topological polar surface area (TPSA) is 108 Å². The number of hydrogen-bond acceptors (Lipinski definition) is 9. The molecule has 0 N–H and O–H groups in total. The van der Waals surface area contributed by atoms with Crippen molar-refractivity contribution in [2.24, 2.45) is 0 Å². The zero-order valence-corrected chi connectivity index (χ0v) is 24.2. The number of fused-ring (bicyclic) bond motifs is 1. The molecule has 2 aliphatic rings. The average molecular weight is 588 g/mol. The highest BCUT2D eigenvalue weighted by Gasteiger charge is 2.54. The minimum absolute atomic E-state index is 0.00222. The lowest BCUT2D eigenvalue weighted by atomic mass is 10.1. The van der Waals surface area contributed by atoms with Crippen molar-refractivity contribution < 1.29 is 34.7 Å². The SMILES string of the molecule is COc1ccc(CO[C@H]2CCN3C[C@H](OS(=O)(=O)c4ccc(C)cc4)[C@H](OS(=O)(=O)c4ccc(C)cc4)[C@@H]23)cc1. The van der Waals surface area contributed by atoms with E-state index in [1.807, 2.05) is 43.0 Å². The van der Waals surface area contributed by atoms with Crippen molar-refractivity contribution >= 4 is 20.2 Å². The molecule has 0 amide bonds. The Bertz CT molecular complexity index is 1520. The lowest BCUT2D eigenvalue weighted by Gasteiger charge is -2.27. The Kier molecular flexibility index (Phi) is 8.32. The Hall–Kier alpha value is -2.80. The van der Waals surface area contributed by atoms with Crippen LogP contribution in [-0.4, -0.2) is 66.3 Å². The van der Waals surface area contributed by atoms with Crippen molar-refractivity contribution in [3.05, 3.63) is 89.5 Å². The van der Waals surface area contributed by atoms with E-state index < -0.39 is 44.6 Å². The molecular formula is C29H33NO8S2.